The van der Waals surface area contributed by atoms with Crippen LogP contribution in [0, 0.1) is 0 Å². The van der Waals surface area contributed by atoms with E-state index < -0.39 is 8.07 Å². The summed E-state index contributed by atoms with van der Waals surface area (Å²) in [6, 6.07) is 3.65. The lowest BCUT2D eigenvalue weighted by Crippen LogP contribution is -2.37. The first-order valence-electron chi connectivity index (χ1n) is 7.95. The molecule has 0 radical (unpaired) electrons. The molecule has 2 nitrogen and oxygen atoms in total. The van der Waals surface area contributed by atoms with Gasteiger partial charge in [0.15, 0.2) is 0 Å². The molecule has 0 heterocycles. The highest BCUT2D eigenvalue weighted by molar-refractivity contribution is 6.88. The fourth-order valence-corrected chi connectivity index (χ4v) is 3.39. The van der Waals surface area contributed by atoms with Crippen LogP contribution in [0.3, 0.4) is 0 Å². The van der Waals surface area contributed by atoms with Gasteiger partial charge in [0.1, 0.15) is 11.5 Å². The molecule has 0 spiro atoms. The Kier molecular flexibility index (Phi) is 6.48. The lowest BCUT2D eigenvalue weighted by molar-refractivity contribution is 0.441. The van der Waals surface area contributed by atoms with Crippen LogP contribution in [0.4, 0.5) is 0 Å². The van der Waals surface area contributed by atoms with E-state index in [0.717, 1.165) is 18.0 Å². The summed E-state index contributed by atoms with van der Waals surface area (Å²) in [6.07, 6.45) is 6.96. The fourth-order valence-electron chi connectivity index (χ4n) is 2.25. The Hall–Kier alpha value is -1.48. The lowest BCUT2D eigenvalue weighted by atomic mass is 10.0. The molecule has 0 saturated heterocycles. The van der Waals surface area contributed by atoms with E-state index in [9.17, 15) is 10.2 Å². The normalized spacial score (nSPS) is 12.4. The molecular formula is C19H30O2Si. The van der Waals surface area contributed by atoms with Gasteiger partial charge in [-0.2, -0.15) is 0 Å². The first-order chi connectivity index (χ1) is 10.1. The summed E-state index contributed by atoms with van der Waals surface area (Å²) in [6.45, 7) is 12.9. The molecule has 0 atom stereocenters. The molecule has 0 bridgehead atoms. The van der Waals surface area contributed by atoms with E-state index in [4.69, 9.17) is 0 Å². The Labute approximate surface area is 136 Å². The standard InChI is InChI=1S/C19H30O2Si/c1-14(2)8-7-9-15(3)10-11-17-18(20)12-16(13-19(17)21)22(4,5)6/h8,10,12-13,20-21H,7,9,11H2,1-6H3/b15-10+. The first kappa shape index (κ1) is 18.6. The number of benzene rings is 1. The Bertz CT molecular complexity index is 551. The minimum atomic E-state index is -1.53. The molecule has 0 saturated carbocycles. The lowest BCUT2D eigenvalue weighted by Gasteiger charge is -2.18. The predicted octanol–water partition coefficient (Wildman–Crippen LogP) is 4.88. The van der Waals surface area contributed by atoms with Crippen molar-refractivity contribution in [3.8, 4) is 11.5 Å². The van der Waals surface area contributed by atoms with Crippen LogP contribution in [0.25, 0.3) is 0 Å². The Morgan fingerprint density at radius 3 is 2.00 bits per heavy atom. The van der Waals surface area contributed by atoms with Gasteiger partial charge in [0.05, 0.1) is 8.07 Å². The van der Waals surface area contributed by atoms with Crippen molar-refractivity contribution in [1.29, 1.82) is 0 Å². The molecule has 3 heteroatoms. The second kappa shape index (κ2) is 7.68. The van der Waals surface area contributed by atoms with Crippen molar-refractivity contribution in [2.75, 3.05) is 0 Å². The third-order valence-electron chi connectivity index (χ3n) is 3.81. The summed E-state index contributed by atoms with van der Waals surface area (Å²) < 4.78 is 0. The minimum Gasteiger partial charge on any atom is -0.508 e. The molecule has 0 aliphatic heterocycles. The monoisotopic (exact) mass is 318 g/mol. The molecule has 0 aliphatic rings. The molecule has 2 N–H and O–H groups in total. The van der Waals surface area contributed by atoms with Crippen molar-refractivity contribution in [2.24, 2.45) is 0 Å². The number of aromatic hydroxyl groups is 2. The van der Waals surface area contributed by atoms with E-state index in [-0.39, 0.29) is 11.5 Å². The van der Waals surface area contributed by atoms with Gasteiger partial charge < -0.3 is 10.2 Å². The smallest absolute Gasteiger partial charge is 0.122 e. The molecule has 0 unspecified atom stereocenters. The van der Waals surface area contributed by atoms with Crippen LogP contribution in [-0.4, -0.2) is 18.3 Å². The molecule has 0 amide bonds. The summed E-state index contributed by atoms with van der Waals surface area (Å²) >= 11 is 0. The van der Waals surface area contributed by atoms with Gasteiger partial charge in [-0.05, 0) is 52.2 Å². The number of rotatable bonds is 6. The number of hydrogen-bond donors (Lipinski definition) is 2. The van der Waals surface area contributed by atoms with Crippen LogP contribution in [0.2, 0.25) is 19.6 Å². The minimum absolute atomic E-state index is 0.214. The van der Waals surface area contributed by atoms with Crippen molar-refractivity contribution in [2.45, 2.75) is 59.7 Å². The Balaban J connectivity index is 2.84. The van der Waals surface area contributed by atoms with E-state index in [2.05, 4.69) is 52.6 Å². The number of phenols is 2. The average molecular weight is 319 g/mol. The van der Waals surface area contributed by atoms with Crippen molar-refractivity contribution in [1.82, 2.24) is 0 Å². The van der Waals surface area contributed by atoms with E-state index >= 15 is 0 Å². The second-order valence-corrected chi connectivity index (χ2v) is 12.4. The molecule has 22 heavy (non-hydrogen) atoms. The van der Waals surface area contributed by atoms with E-state index in [0.29, 0.717) is 12.0 Å². The summed E-state index contributed by atoms with van der Waals surface area (Å²) in [5.41, 5.74) is 3.25. The predicted molar refractivity (Wildman–Crippen MR) is 98.9 cm³/mol. The first-order valence-corrected chi connectivity index (χ1v) is 11.5. The molecule has 1 rings (SSSR count). The SMILES string of the molecule is CC(C)=CCC/C(C)=C/Cc1c(O)cc([Si](C)(C)C)cc1O. The van der Waals surface area contributed by atoms with Gasteiger partial charge >= 0.3 is 0 Å². The van der Waals surface area contributed by atoms with Crippen LogP contribution in [-0.2, 0) is 6.42 Å². The fraction of sp³-hybridized carbons (Fsp3) is 0.474. The maximum absolute atomic E-state index is 10.2. The van der Waals surface area contributed by atoms with Crippen LogP contribution in [0.1, 0.15) is 39.2 Å². The second-order valence-electron chi connectivity index (χ2n) is 7.32. The van der Waals surface area contributed by atoms with Crippen molar-refractivity contribution in [3.63, 3.8) is 0 Å². The van der Waals surface area contributed by atoms with Crippen LogP contribution in [0.15, 0.2) is 35.4 Å². The topological polar surface area (TPSA) is 40.5 Å². The van der Waals surface area contributed by atoms with Crippen molar-refractivity contribution < 1.29 is 10.2 Å². The highest BCUT2D eigenvalue weighted by atomic mass is 28.3. The summed E-state index contributed by atoms with van der Waals surface area (Å²) in [4.78, 5) is 0. The third-order valence-corrected chi connectivity index (χ3v) is 5.84. The quantitative estimate of drug-likeness (QED) is 0.580. The highest BCUT2D eigenvalue weighted by Gasteiger charge is 2.20. The molecule has 0 fully saturated rings. The zero-order valence-electron chi connectivity index (χ0n) is 14.8. The average Bonchev–Trinajstić information content (AvgIpc) is 2.35. The number of allylic oxidation sites excluding steroid dienone is 4. The zero-order valence-corrected chi connectivity index (χ0v) is 15.8. The van der Waals surface area contributed by atoms with Crippen LogP contribution < -0.4 is 5.19 Å². The van der Waals surface area contributed by atoms with Crippen molar-refractivity contribution >= 4 is 13.3 Å². The van der Waals surface area contributed by atoms with E-state index in [1.54, 1.807) is 0 Å². The summed E-state index contributed by atoms with van der Waals surface area (Å²) in [7, 11) is -1.53. The maximum atomic E-state index is 10.2. The van der Waals surface area contributed by atoms with Gasteiger partial charge in [-0.1, -0.05) is 48.1 Å². The Morgan fingerprint density at radius 1 is 1.00 bits per heavy atom. The van der Waals surface area contributed by atoms with Crippen LogP contribution in [0.5, 0.6) is 11.5 Å². The van der Waals surface area contributed by atoms with Gasteiger partial charge in [0.25, 0.3) is 0 Å². The highest BCUT2D eigenvalue weighted by Crippen LogP contribution is 2.28. The van der Waals surface area contributed by atoms with Gasteiger partial charge in [0, 0.05) is 5.56 Å². The molecule has 0 aromatic heterocycles. The van der Waals surface area contributed by atoms with Gasteiger partial charge in [0.2, 0.25) is 0 Å². The number of phenolic OH excluding ortho intramolecular Hbond substituents is 2. The molecular weight excluding hydrogens is 288 g/mol. The summed E-state index contributed by atoms with van der Waals surface area (Å²) in [5.74, 6) is 0.427. The van der Waals surface area contributed by atoms with Crippen molar-refractivity contribution in [3.05, 3.63) is 41.0 Å². The molecule has 0 aliphatic carbocycles. The zero-order chi connectivity index (χ0) is 16.9. The van der Waals surface area contributed by atoms with Gasteiger partial charge in [-0.25, -0.2) is 0 Å². The number of hydrogen-bond acceptors (Lipinski definition) is 2. The van der Waals surface area contributed by atoms with E-state index in [1.165, 1.54) is 11.1 Å². The molecule has 1 aromatic rings. The third kappa shape index (κ3) is 5.72. The van der Waals surface area contributed by atoms with Gasteiger partial charge in [-0.3, -0.25) is 0 Å². The van der Waals surface area contributed by atoms with E-state index in [1.807, 2.05) is 12.1 Å². The van der Waals surface area contributed by atoms with Gasteiger partial charge in [-0.15, -0.1) is 0 Å². The molecule has 1 aromatic carbocycles. The largest absolute Gasteiger partial charge is 0.508 e. The summed E-state index contributed by atoms with van der Waals surface area (Å²) in [5, 5.41) is 21.5. The maximum Gasteiger partial charge on any atom is 0.122 e. The molecule has 122 valence electrons. The Morgan fingerprint density at radius 2 is 1.55 bits per heavy atom. The van der Waals surface area contributed by atoms with Crippen LogP contribution >= 0.6 is 0 Å².